The first-order valence-electron chi connectivity index (χ1n) is 6.73. The van der Waals surface area contributed by atoms with E-state index in [1.807, 2.05) is 16.8 Å². The van der Waals surface area contributed by atoms with Crippen molar-refractivity contribution in [2.24, 2.45) is 0 Å². The van der Waals surface area contributed by atoms with Crippen LogP contribution in [0.25, 0.3) is 0 Å². The molecule has 0 aliphatic heterocycles. The highest BCUT2D eigenvalue weighted by atomic mass is 35.5. The van der Waals surface area contributed by atoms with Gasteiger partial charge in [0.05, 0.1) is 33.7 Å². The highest BCUT2D eigenvalue weighted by Gasteiger charge is 2.22. The second-order valence-electron chi connectivity index (χ2n) is 4.49. The van der Waals surface area contributed by atoms with Gasteiger partial charge in [-0.2, -0.15) is 5.10 Å². The number of nitrogens with zero attached hydrogens (tertiary/aromatic N) is 3. The number of aryl methyl sites for hydroxylation is 1. The van der Waals surface area contributed by atoms with E-state index in [0.717, 1.165) is 30.9 Å². The van der Waals surface area contributed by atoms with Gasteiger partial charge in [-0.25, -0.2) is 0 Å². The number of nitrogens with one attached hydrogen (secondary N) is 1. The van der Waals surface area contributed by atoms with Crippen LogP contribution in [-0.4, -0.2) is 21.3 Å². The fraction of sp³-hybridized carbons (Fsp3) is 0.429. The summed E-state index contributed by atoms with van der Waals surface area (Å²) < 4.78 is 1.94. The van der Waals surface area contributed by atoms with Crippen LogP contribution in [0.5, 0.6) is 0 Å². The monoisotopic (exact) mass is 312 g/mol. The Morgan fingerprint density at radius 3 is 2.65 bits per heavy atom. The number of pyridine rings is 1. The third-order valence-electron chi connectivity index (χ3n) is 3.00. The second-order valence-corrected chi connectivity index (χ2v) is 5.34. The van der Waals surface area contributed by atoms with Gasteiger partial charge in [0.1, 0.15) is 0 Å². The molecule has 2 aromatic heterocycles. The Morgan fingerprint density at radius 2 is 2.05 bits per heavy atom. The molecule has 0 saturated heterocycles. The van der Waals surface area contributed by atoms with Crippen molar-refractivity contribution in [3.8, 4) is 0 Å². The van der Waals surface area contributed by atoms with E-state index in [-0.39, 0.29) is 6.04 Å². The van der Waals surface area contributed by atoms with Gasteiger partial charge >= 0.3 is 0 Å². The molecule has 20 heavy (non-hydrogen) atoms. The quantitative estimate of drug-likeness (QED) is 0.884. The summed E-state index contributed by atoms with van der Waals surface area (Å²) in [4.78, 5) is 4.40. The molecule has 2 heterocycles. The van der Waals surface area contributed by atoms with Crippen LogP contribution in [0.4, 0.5) is 0 Å². The minimum absolute atomic E-state index is 0.0844. The Labute approximate surface area is 129 Å². The van der Waals surface area contributed by atoms with Crippen LogP contribution in [0.1, 0.15) is 37.7 Å². The van der Waals surface area contributed by atoms with Crippen molar-refractivity contribution >= 4 is 23.2 Å². The van der Waals surface area contributed by atoms with Crippen molar-refractivity contribution < 1.29 is 0 Å². The van der Waals surface area contributed by atoms with Gasteiger partial charge in [0.25, 0.3) is 0 Å². The highest BCUT2D eigenvalue weighted by Crippen LogP contribution is 2.28. The first-order chi connectivity index (χ1) is 9.67. The standard InChI is InChI=1S/C14H18Cl2N4/c1-3-7-20-14(11(16)9-19-20)13(17-4-2)12-6-5-10(15)8-18-12/h5-6,8-9,13,17H,3-4,7H2,1-2H3. The van der Waals surface area contributed by atoms with E-state index in [1.54, 1.807) is 12.4 Å². The van der Waals surface area contributed by atoms with E-state index in [9.17, 15) is 0 Å². The molecule has 0 fully saturated rings. The summed E-state index contributed by atoms with van der Waals surface area (Å²) in [7, 11) is 0. The second kappa shape index (κ2) is 7.07. The Kier molecular flexibility index (Phi) is 5.40. The minimum Gasteiger partial charge on any atom is -0.304 e. The van der Waals surface area contributed by atoms with Gasteiger partial charge in [-0.1, -0.05) is 37.0 Å². The summed E-state index contributed by atoms with van der Waals surface area (Å²) in [5.74, 6) is 0. The Hall–Kier alpha value is -1.10. The molecule has 0 aliphatic carbocycles. The van der Waals surface area contributed by atoms with Crippen molar-refractivity contribution in [2.45, 2.75) is 32.9 Å². The smallest absolute Gasteiger partial charge is 0.0937 e. The average Bonchev–Trinajstić information content (AvgIpc) is 2.79. The fourth-order valence-electron chi connectivity index (χ4n) is 2.15. The van der Waals surface area contributed by atoms with Crippen LogP contribution >= 0.6 is 23.2 Å². The zero-order valence-electron chi connectivity index (χ0n) is 11.6. The average molecular weight is 313 g/mol. The molecular formula is C14H18Cl2N4. The Balaban J connectivity index is 2.42. The summed E-state index contributed by atoms with van der Waals surface area (Å²) in [6.07, 6.45) is 4.33. The van der Waals surface area contributed by atoms with E-state index in [0.29, 0.717) is 10.0 Å². The van der Waals surface area contributed by atoms with Gasteiger partial charge in [0.15, 0.2) is 0 Å². The molecule has 0 aromatic carbocycles. The van der Waals surface area contributed by atoms with Gasteiger partial charge in [-0.15, -0.1) is 0 Å². The maximum absolute atomic E-state index is 6.32. The summed E-state index contributed by atoms with van der Waals surface area (Å²) >= 11 is 12.2. The molecular weight excluding hydrogens is 295 g/mol. The highest BCUT2D eigenvalue weighted by molar-refractivity contribution is 6.31. The number of hydrogen-bond donors (Lipinski definition) is 1. The van der Waals surface area contributed by atoms with Crippen LogP contribution in [0.15, 0.2) is 24.5 Å². The lowest BCUT2D eigenvalue weighted by molar-refractivity contribution is 0.514. The van der Waals surface area contributed by atoms with E-state index in [2.05, 4.69) is 29.2 Å². The maximum atomic E-state index is 6.32. The van der Waals surface area contributed by atoms with Crippen molar-refractivity contribution in [3.63, 3.8) is 0 Å². The van der Waals surface area contributed by atoms with Crippen molar-refractivity contribution in [2.75, 3.05) is 6.54 Å². The van der Waals surface area contributed by atoms with Crippen LogP contribution < -0.4 is 5.32 Å². The number of halogens is 2. The molecule has 2 rings (SSSR count). The number of rotatable bonds is 6. The lowest BCUT2D eigenvalue weighted by Gasteiger charge is -2.19. The third kappa shape index (κ3) is 3.32. The molecule has 0 spiro atoms. The maximum Gasteiger partial charge on any atom is 0.0937 e. The number of hydrogen-bond acceptors (Lipinski definition) is 3. The summed E-state index contributed by atoms with van der Waals surface area (Å²) in [6, 6.07) is 3.66. The van der Waals surface area contributed by atoms with Gasteiger partial charge in [0, 0.05) is 12.7 Å². The molecule has 0 saturated carbocycles. The molecule has 1 unspecified atom stereocenters. The molecule has 108 valence electrons. The van der Waals surface area contributed by atoms with E-state index >= 15 is 0 Å². The minimum atomic E-state index is -0.0844. The first-order valence-corrected chi connectivity index (χ1v) is 7.49. The lowest BCUT2D eigenvalue weighted by Crippen LogP contribution is -2.26. The van der Waals surface area contributed by atoms with Gasteiger partial charge in [-0.05, 0) is 25.1 Å². The molecule has 0 amide bonds. The van der Waals surface area contributed by atoms with Crippen LogP contribution in [0.2, 0.25) is 10.0 Å². The SMILES string of the molecule is CCCn1ncc(Cl)c1C(NCC)c1ccc(Cl)cn1. The zero-order chi connectivity index (χ0) is 14.5. The zero-order valence-corrected chi connectivity index (χ0v) is 13.1. The molecule has 1 atom stereocenters. The largest absolute Gasteiger partial charge is 0.304 e. The van der Waals surface area contributed by atoms with E-state index in [4.69, 9.17) is 23.2 Å². The van der Waals surface area contributed by atoms with Crippen molar-refractivity contribution in [3.05, 3.63) is 46.0 Å². The van der Waals surface area contributed by atoms with Crippen LogP contribution in [-0.2, 0) is 6.54 Å². The van der Waals surface area contributed by atoms with Crippen LogP contribution in [0.3, 0.4) is 0 Å². The Morgan fingerprint density at radius 1 is 1.25 bits per heavy atom. The predicted molar refractivity (Wildman–Crippen MR) is 82.3 cm³/mol. The Bertz CT molecular complexity index is 551. The van der Waals surface area contributed by atoms with Crippen LogP contribution in [0, 0.1) is 0 Å². The van der Waals surface area contributed by atoms with E-state index in [1.165, 1.54) is 0 Å². The molecule has 1 N–H and O–H groups in total. The molecule has 6 heteroatoms. The molecule has 2 aromatic rings. The van der Waals surface area contributed by atoms with Crippen molar-refractivity contribution in [1.29, 1.82) is 0 Å². The lowest BCUT2D eigenvalue weighted by atomic mass is 10.1. The third-order valence-corrected chi connectivity index (χ3v) is 3.51. The summed E-state index contributed by atoms with van der Waals surface area (Å²) in [5, 5.41) is 9.03. The summed E-state index contributed by atoms with van der Waals surface area (Å²) in [6.45, 7) is 5.81. The molecule has 0 radical (unpaired) electrons. The topological polar surface area (TPSA) is 42.7 Å². The molecule has 0 aliphatic rings. The normalized spacial score (nSPS) is 12.6. The van der Waals surface area contributed by atoms with Crippen molar-refractivity contribution in [1.82, 2.24) is 20.1 Å². The van der Waals surface area contributed by atoms with E-state index < -0.39 is 0 Å². The fourth-order valence-corrected chi connectivity index (χ4v) is 2.51. The predicted octanol–water partition coefficient (Wildman–Crippen LogP) is 3.69. The van der Waals surface area contributed by atoms with Gasteiger partial charge < -0.3 is 5.32 Å². The van der Waals surface area contributed by atoms with Gasteiger partial charge in [-0.3, -0.25) is 9.67 Å². The molecule has 4 nitrogen and oxygen atoms in total. The van der Waals surface area contributed by atoms with Gasteiger partial charge in [0.2, 0.25) is 0 Å². The number of aromatic nitrogens is 3. The molecule has 0 bridgehead atoms. The summed E-state index contributed by atoms with van der Waals surface area (Å²) in [5.41, 5.74) is 1.83. The first kappa shape index (κ1) is 15.3.